The van der Waals surface area contributed by atoms with Gasteiger partial charge in [0.1, 0.15) is 23.7 Å². The van der Waals surface area contributed by atoms with Gasteiger partial charge in [-0.2, -0.15) is 0 Å². The van der Waals surface area contributed by atoms with Gasteiger partial charge in [-0.1, -0.05) is 36.3 Å². The van der Waals surface area contributed by atoms with Crippen LogP contribution in [0.5, 0.6) is 5.75 Å². The summed E-state index contributed by atoms with van der Waals surface area (Å²) in [5.74, 6) is 7.63. The lowest BCUT2D eigenvalue weighted by Crippen LogP contribution is -2.17. The number of furan rings is 1. The minimum absolute atomic E-state index is 0.0447. The van der Waals surface area contributed by atoms with Crippen molar-refractivity contribution in [2.24, 2.45) is 0 Å². The molecular formula is C26H24N4O4. The van der Waals surface area contributed by atoms with Crippen molar-refractivity contribution >= 4 is 22.6 Å². The third kappa shape index (κ3) is 5.17. The van der Waals surface area contributed by atoms with Crippen LogP contribution in [0.4, 0.5) is 5.82 Å². The predicted octanol–water partition coefficient (Wildman–Crippen LogP) is 4.71. The van der Waals surface area contributed by atoms with Crippen molar-refractivity contribution in [3.63, 3.8) is 0 Å². The molecule has 2 aromatic heterocycles. The minimum atomic E-state index is -0.483. The summed E-state index contributed by atoms with van der Waals surface area (Å²) in [7, 11) is 1.60. The lowest BCUT2D eigenvalue weighted by molar-refractivity contribution is -0.129. The van der Waals surface area contributed by atoms with E-state index in [1.807, 2.05) is 36.4 Å². The second-order valence-corrected chi connectivity index (χ2v) is 7.57. The number of hydrogen-bond donors (Lipinski definition) is 3. The maximum Gasteiger partial charge on any atom is 0.244 e. The summed E-state index contributed by atoms with van der Waals surface area (Å²) in [6.45, 7) is 2.08. The number of ether oxygens (including phenoxy) is 1. The Kier molecular flexibility index (Phi) is 7.06. The van der Waals surface area contributed by atoms with Gasteiger partial charge >= 0.3 is 0 Å². The molecule has 2 heterocycles. The first kappa shape index (κ1) is 22.8. The molecule has 172 valence electrons. The number of hydroxylamine groups is 1. The maximum absolute atomic E-state index is 11.1. The van der Waals surface area contributed by atoms with E-state index in [2.05, 4.69) is 46.2 Å². The van der Waals surface area contributed by atoms with Gasteiger partial charge in [-0.25, -0.2) is 15.4 Å². The maximum atomic E-state index is 11.1. The standard InChI is InChI=1S/C26H24N4O4/c1-17(18-8-4-3-5-9-18)29-26-20-14-21(24(33-2)15-22(20)27-16-28-26)23-13-12-19(34-23)10-6-7-11-25(31)30-32/h3-5,8-9,12-17,32H,7,11H2,1-2H3,(H,30,31)(H,27,28,29). The molecule has 0 bridgehead atoms. The highest BCUT2D eigenvalue weighted by molar-refractivity contribution is 5.94. The first-order chi connectivity index (χ1) is 16.6. The van der Waals surface area contributed by atoms with Crippen molar-refractivity contribution < 1.29 is 19.2 Å². The number of nitrogens with one attached hydrogen (secondary N) is 2. The molecule has 0 aliphatic carbocycles. The Morgan fingerprint density at radius 1 is 1.18 bits per heavy atom. The largest absolute Gasteiger partial charge is 0.496 e. The van der Waals surface area contributed by atoms with E-state index in [1.54, 1.807) is 18.7 Å². The van der Waals surface area contributed by atoms with E-state index in [1.165, 1.54) is 6.33 Å². The Balaban J connectivity index is 1.64. The van der Waals surface area contributed by atoms with Gasteiger partial charge in [-0.15, -0.1) is 0 Å². The number of rotatable bonds is 7. The average Bonchev–Trinajstić information content (AvgIpc) is 3.35. The predicted molar refractivity (Wildman–Crippen MR) is 128 cm³/mol. The molecular weight excluding hydrogens is 432 g/mol. The van der Waals surface area contributed by atoms with Crippen molar-refractivity contribution in [2.45, 2.75) is 25.8 Å². The third-order valence-electron chi connectivity index (χ3n) is 5.29. The fraction of sp³-hybridized carbons (Fsp3) is 0.192. The van der Waals surface area contributed by atoms with E-state index in [4.69, 9.17) is 14.4 Å². The van der Waals surface area contributed by atoms with Gasteiger partial charge in [0.25, 0.3) is 0 Å². The fourth-order valence-electron chi connectivity index (χ4n) is 3.52. The molecule has 0 aliphatic heterocycles. The Labute approximate surface area is 197 Å². The summed E-state index contributed by atoms with van der Waals surface area (Å²) < 4.78 is 11.5. The molecule has 4 rings (SSSR count). The van der Waals surface area contributed by atoms with Gasteiger partial charge in [-0.05, 0) is 36.6 Å². The van der Waals surface area contributed by atoms with Crippen LogP contribution in [0.3, 0.4) is 0 Å². The van der Waals surface area contributed by atoms with Gasteiger partial charge in [0.05, 0.1) is 18.2 Å². The van der Waals surface area contributed by atoms with Crippen LogP contribution in [0.2, 0.25) is 0 Å². The van der Waals surface area contributed by atoms with E-state index in [9.17, 15) is 4.79 Å². The summed E-state index contributed by atoms with van der Waals surface area (Å²) in [5, 5.41) is 12.8. The van der Waals surface area contributed by atoms with Crippen molar-refractivity contribution in [3.05, 3.63) is 72.2 Å². The van der Waals surface area contributed by atoms with Crippen LogP contribution >= 0.6 is 0 Å². The Hall–Kier alpha value is -4.35. The first-order valence-corrected chi connectivity index (χ1v) is 10.7. The number of methoxy groups -OCH3 is 1. The number of amides is 1. The van der Waals surface area contributed by atoms with Crippen LogP contribution in [0.15, 0.2) is 65.3 Å². The summed E-state index contributed by atoms with van der Waals surface area (Å²) in [5.41, 5.74) is 4.22. The zero-order chi connectivity index (χ0) is 23.9. The van der Waals surface area contributed by atoms with Crippen molar-refractivity contribution in [2.75, 3.05) is 12.4 Å². The molecule has 0 spiro atoms. The normalized spacial score (nSPS) is 11.4. The monoisotopic (exact) mass is 456 g/mol. The number of carbonyl (C=O) groups is 1. The van der Waals surface area contributed by atoms with E-state index < -0.39 is 5.91 Å². The van der Waals surface area contributed by atoms with Crippen LogP contribution in [0.25, 0.3) is 22.2 Å². The molecule has 0 fully saturated rings. The zero-order valence-corrected chi connectivity index (χ0v) is 18.8. The van der Waals surface area contributed by atoms with Gasteiger partial charge < -0.3 is 14.5 Å². The molecule has 4 aromatic rings. The average molecular weight is 457 g/mol. The van der Waals surface area contributed by atoms with Crippen LogP contribution in [0.1, 0.15) is 37.1 Å². The molecule has 34 heavy (non-hydrogen) atoms. The second-order valence-electron chi connectivity index (χ2n) is 7.57. The number of hydrogen-bond acceptors (Lipinski definition) is 7. The number of carbonyl (C=O) groups excluding carboxylic acids is 1. The van der Waals surface area contributed by atoms with Crippen LogP contribution in [-0.4, -0.2) is 28.2 Å². The van der Waals surface area contributed by atoms with Gasteiger partial charge in [0.2, 0.25) is 5.91 Å². The van der Waals surface area contributed by atoms with Crippen molar-refractivity contribution in [3.8, 4) is 28.9 Å². The highest BCUT2D eigenvalue weighted by atomic mass is 16.5. The molecule has 2 aromatic carbocycles. The summed E-state index contributed by atoms with van der Waals surface area (Å²) in [6.07, 6.45) is 1.93. The highest BCUT2D eigenvalue weighted by Gasteiger charge is 2.16. The lowest BCUT2D eigenvalue weighted by atomic mass is 10.1. The minimum Gasteiger partial charge on any atom is -0.496 e. The summed E-state index contributed by atoms with van der Waals surface area (Å²) >= 11 is 0. The molecule has 1 unspecified atom stereocenters. The number of anilines is 1. The van der Waals surface area contributed by atoms with Crippen LogP contribution in [-0.2, 0) is 4.79 Å². The van der Waals surface area contributed by atoms with Gasteiger partial charge in [0.15, 0.2) is 5.76 Å². The smallest absolute Gasteiger partial charge is 0.244 e. The topological polar surface area (TPSA) is 110 Å². The molecule has 8 nitrogen and oxygen atoms in total. The fourth-order valence-corrected chi connectivity index (χ4v) is 3.52. The third-order valence-corrected chi connectivity index (χ3v) is 5.29. The molecule has 3 N–H and O–H groups in total. The zero-order valence-electron chi connectivity index (χ0n) is 18.8. The quantitative estimate of drug-likeness (QED) is 0.210. The number of fused-ring (bicyclic) bond motifs is 1. The van der Waals surface area contributed by atoms with E-state index in [0.29, 0.717) is 29.5 Å². The highest BCUT2D eigenvalue weighted by Crippen LogP contribution is 2.36. The number of nitrogens with zero attached hydrogens (tertiary/aromatic N) is 2. The molecule has 0 saturated heterocycles. The molecule has 1 amide bonds. The Morgan fingerprint density at radius 2 is 2.00 bits per heavy atom. The molecule has 0 saturated carbocycles. The lowest BCUT2D eigenvalue weighted by Gasteiger charge is -2.17. The Bertz CT molecular complexity index is 1360. The van der Waals surface area contributed by atoms with Crippen molar-refractivity contribution in [1.29, 1.82) is 0 Å². The molecule has 1 atom stereocenters. The molecule has 0 radical (unpaired) electrons. The van der Waals surface area contributed by atoms with Crippen LogP contribution < -0.4 is 15.5 Å². The summed E-state index contributed by atoms with van der Waals surface area (Å²) in [6, 6.07) is 17.6. The van der Waals surface area contributed by atoms with E-state index in [-0.39, 0.29) is 12.5 Å². The van der Waals surface area contributed by atoms with Crippen molar-refractivity contribution in [1.82, 2.24) is 15.4 Å². The Morgan fingerprint density at radius 3 is 2.76 bits per heavy atom. The van der Waals surface area contributed by atoms with Crippen LogP contribution in [0, 0.1) is 11.8 Å². The second kappa shape index (κ2) is 10.5. The van der Waals surface area contributed by atoms with Gasteiger partial charge in [0, 0.05) is 30.3 Å². The van der Waals surface area contributed by atoms with Gasteiger partial charge in [-0.3, -0.25) is 10.0 Å². The molecule has 0 aliphatic rings. The van der Waals surface area contributed by atoms with E-state index in [0.717, 1.165) is 22.0 Å². The van der Waals surface area contributed by atoms with E-state index >= 15 is 0 Å². The SMILES string of the molecule is COc1cc2ncnc(NC(C)c3ccccc3)c2cc1-c1ccc(C#CCCC(=O)NO)o1. The summed E-state index contributed by atoms with van der Waals surface area (Å²) in [4.78, 5) is 20.0. The first-order valence-electron chi connectivity index (χ1n) is 10.7. The number of benzene rings is 2. The number of aromatic nitrogens is 2. The molecule has 8 heteroatoms.